The number of hydrogen-bond acceptors (Lipinski definition) is 6. The third kappa shape index (κ3) is 6.74. The lowest BCUT2D eigenvalue weighted by atomic mass is 10.1. The molecule has 2 aromatic carbocycles. The zero-order chi connectivity index (χ0) is 22.1. The zero-order valence-corrected chi connectivity index (χ0v) is 19.8. The van der Waals surface area contributed by atoms with Crippen molar-refractivity contribution in [2.45, 2.75) is 0 Å². The maximum absolute atomic E-state index is 12.5. The smallest absolute Gasteiger partial charge is 0.247 e. The van der Waals surface area contributed by atoms with Gasteiger partial charge in [0.2, 0.25) is 5.91 Å². The van der Waals surface area contributed by atoms with E-state index >= 15 is 0 Å². The van der Waals surface area contributed by atoms with E-state index in [0.29, 0.717) is 35.4 Å². The fraction of sp³-hybridized carbons (Fsp3) is 0.250. The Labute approximate surface area is 198 Å². The lowest BCUT2D eigenvalue weighted by Crippen LogP contribution is -2.22. The van der Waals surface area contributed by atoms with E-state index in [9.17, 15) is 10.1 Å². The minimum Gasteiger partial charge on any atom is -0.495 e. The topological polar surface area (TPSA) is 92.9 Å². The molecule has 30 heavy (non-hydrogen) atoms. The minimum atomic E-state index is -1.13. The average molecular weight is 562 g/mol. The molecule has 0 aliphatic carbocycles. The van der Waals surface area contributed by atoms with Gasteiger partial charge >= 0.3 is 0 Å². The minimum absolute atomic E-state index is 0.224. The number of halogens is 3. The molecule has 1 N–H and O–H groups in total. The highest BCUT2D eigenvalue weighted by atomic mass is 127. The van der Waals surface area contributed by atoms with E-state index in [0.717, 1.165) is 3.57 Å². The largest absolute Gasteiger partial charge is 0.495 e. The molecular formula is C20H18Cl2IN3O4. The Morgan fingerprint density at radius 3 is 2.63 bits per heavy atom. The van der Waals surface area contributed by atoms with Crippen molar-refractivity contribution in [1.29, 1.82) is 5.26 Å². The molecule has 1 amide bonds. The molecule has 0 spiro atoms. The van der Waals surface area contributed by atoms with E-state index in [1.54, 1.807) is 25.3 Å². The summed E-state index contributed by atoms with van der Waals surface area (Å²) in [5.74, 6) is -0.659. The van der Waals surface area contributed by atoms with Gasteiger partial charge in [0.1, 0.15) is 18.1 Å². The van der Waals surface area contributed by atoms with Crippen LogP contribution in [-0.4, -0.2) is 39.6 Å². The van der Waals surface area contributed by atoms with Crippen molar-refractivity contribution in [2.24, 2.45) is 10.9 Å². The number of nitriles is 1. The van der Waals surface area contributed by atoms with Gasteiger partial charge in [0.05, 0.1) is 44.8 Å². The fourth-order valence-electron chi connectivity index (χ4n) is 2.23. The summed E-state index contributed by atoms with van der Waals surface area (Å²) in [4.78, 5) is 16.7. The second kappa shape index (κ2) is 12.0. The summed E-state index contributed by atoms with van der Waals surface area (Å²) in [5.41, 5.74) is 0.862. The van der Waals surface area contributed by atoms with Crippen LogP contribution >= 0.6 is 45.8 Å². The Balaban J connectivity index is 2.09. The lowest BCUT2D eigenvalue weighted by Gasteiger charge is -2.11. The third-order valence-corrected chi connectivity index (χ3v) is 5.21. The van der Waals surface area contributed by atoms with Gasteiger partial charge in [0, 0.05) is 19.4 Å². The first kappa shape index (κ1) is 24.2. The Kier molecular flexibility index (Phi) is 9.65. The van der Waals surface area contributed by atoms with Crippen molar-refractivity contribution >= 4 is 69.3 Å². The average Bonchev–Trinajstić information content (AvgIpc) is 2.72. The van der Waals surface area contributed by atoms with Gasteiger partial charge in [-0.05, 0) is 46.9 Å². The monoisotopic (exact) mass is 561 g/mol. The fourth-order valence-corrected chi connectivity index (χ4v) is 3.40. The summed E-state index contributed by atoms with van der Waals surface area (Å²) in [6.45, 7) is 0.919. The summed E-state index contributed by atoms with van der Waals surface area (Å²) in [7, 11) is 3.05. The van der Waals surface area contributed by atoms with Crippen molar-refractivity contribution in [3.63, 3.8) is 0 Å². The molecule has 10 heteroatoms. The van der Waals surface area contributed by atoms with Crippen LogP contribution in [0.1, 0.15) is 0 Å². The SMILES string of the molecule is COCCOc1ccc(N=CC(C#N)C(=O)Nc2cc(OC)c(Cl)cc2Cl)cc1I. The van der Waals surface area contributed by atoms with Crippen molar-refractivity contribution in [1.82, 2.24) is 0 Å². The number of anilines is 1. The Morgan fingerprint density at radius 1 is 1.23 bits per heavy atom. The quantitative estimate of drug-likeness (QED) is 0.261. The van der Waals surface area contributed by atoms with E-state index in [4.69, 9.17) is 37.4 Å². The van der Waals surface area contributed by atoms with Crippen molar-refractivity contribution in [3.05, 3.63) is 43.9 Å². The van der Waals surface area contributed by atoms with E-state index in [2.05, 4.69) is 32.9 Å². The Morgan fingerprint density at radius 2 is 2.00 bits per heavy atom. The predicted molar refractivity (Wildman–Crippen MR) is 125 cm³/mol. The van der Waals surface area contributed by atoms with Crippen LogP contribution < -0.4 is 14.8 Å². The Hall–Kier alpha value is -2.06. The van der Waals surface area contributed by atoms with E-state index in [-0.39, 0.29) is 10.7 Å². The number of nitrogens with one attached hydrogen (secondary N) is 1. The number of ether oxygens (including phenoxy) is 3. The van der Waals surface area contributed by atoms with E-state index in [1.165, 1.54) is 25.5 Å². The molecule has 7 nitrogen and oxygen atoms in total. The highest BCUT2D eigenvalue weighted by Crippen LogP contribution is 2.34. The normalized spacial score (nSPS) is 11.7. The van der Waals surface area contributed by atoms with Gasteiger partial charge in [0.25, 0.3) is 0 Å². The van der Waals surface area contributed by atoms with Crippen LogP contribution in [-0.2, 0) is 9.53 Å². The lowest BCUT2D eigenvalue weighted by molar-refractivity contribution is -0.116. The van der Waals surface area contributed by atoms with Gasteiger partial charge in [-0.1, -0.05) is 23.2 Å². The number of hydrogen-bond donors (Lipinski definition) is 1. The van der Waals surface area contributed by atoms with Crippen LogP contribution in [0.2, 0.25) is 10.0 Å². The van der Waals surface area contributed by atoms with Gasteiger partial charge < -0.3 is 19.5 Å². The molecule has 0 bridgehead atoms. The number of aliphatic imine (C=N–C) groups is 1. The van der Waals surface area contributed by atoms with Crippen LogP contribution in [0.3, 0.4) is 0 Å². The predicted octanol–water partition coefficient (Wildman–Crippen LogP) is 5.11. The molecular weight excluding hydrogens is 544 g/mol. The van der Waals surface area contributed by atoms with Crippen LogP contribution in [0.5, 0.6) is 11.5 Å². The van der Waals surface area contributed by atoms with Crippen molar-refractivity contribution in [3.8, 4) is 17.6 Å². The molecule has 1 atom stereocenters. The number of amides is 1. The number of nitrogens with zero attached hydrogens (tertiary/aromatic N) is 2. The van der Waals surface area contributed by atoms with Crippen LogP contribution in [0.15, 0.2) is 35.3 Å². The van der Waals surface area contributed by atoms with Gasteiger partial charge in [-0.25, -0.2) is 0 Å². The second-order valence-corrected chi connectivity index (χ2v) is 7.77. The molecule has 0 fully saturated rings. The second-order valence-electron chi connectivity index (χ2n) is 5.80. The maximum atomic E-state index is 12.5. The Bertz CT molecular complexity index is 979. The molecule has 0 aliphatic rings. The van der Waals surface area contributed by atoms with E-state index in [1.807, 2.05) is 6.07 Å². The van der Waals surface area contributed by atoms with Gasteiger partial charge in [-0.3, -0.25) is 9.79 Å². The maximum Gasteiger partial charge on any atom is 0.247 e. The molecule has 1 unspecified atom stereocenters. The highest BCUT2D eigenvalue weighted by Gasteiger charge is 2.18. The van der Waals surface area contributed by atoms with E-state index < -0.39 is 11.8 Å². The molecule has 158 valence electrons. The third-order valence-electron chi connectivity index (χ3n) is 3.75. The summed E-state index contributed by atoms with van der Waals surface area (Å²) in [5, 5.41) is 12.5. The van der Waals surface area contributed by atoms with Gasteiger partial charge in [0.15, 0.2) is 5.92 Å². The van der Waals surface area contributed by atoms with Gasteiger partial charge in [-0.2, -0.15) is 5.26 Å². The first-order chi connectivity index (χ1) is 14.4. The summed E-state index contributed by atoms with van der Waals surface area (Å²) < 4.78 is 16.5. The molecule has 2 aromatic rings. The number of benzene rings is 2. The first-order valence-corrected chi connectivity index (χ1v) is 10.4. The number of carbonyl (C=O) groups is 1. The molecule has 0 saturated heterocycles. The van der Waals surface area contributed by atoms with Crippen molar-refractivity contribution < 1.29 is 19.0 Å². The number of carbonyl (C=O) groups excluding carboxylic acids is 1. The zero-order valence-electron chi connectivity index (χ0n) is 16.1. The summed E-state index contributed by atoms with van der Waals surface area (Å²) in [6, 6.07) is 10.1. The first-order valence-electron chi connectivity index (χ1n) is 8.58. The van der Waals surface area contributed by atoms with Crippen LogP contribution in [0, 0.1) is 20.8 Å². The summed E-state index contributed by atoms with van der Waals surface area (Å²) >= 11 is 14.2. The molecule has 0 saturated carbocycles. The molecule has 0 aliphatic heterocycles. The number of rotatable bonds is 9. The van der Waals surface area contributed by atoms with Gasteiger partial charge in [-0.15, -0.1) is 0 Å². The number of methoxy groups -OCH3 is 2. The molecule has 0 heterocycles. The van der Waals surface area contributed by atoms with Crippen LogP contribution in [0.4, 0.5) is 11.4 Å². The standard InChI is InChI=1S/C20H18Cl2IN3O4/c1-28-5-6-30-18-4-3-13(7-16(18)23)25-11-12(10-24)20(27)26-17-9-19(29-2)15(22)8-14(17)21/h3-4,7-9,11-12H,5-6H2,1-2H3,(H,26,27). The summed E-state index contributed by atoms with van der Waals surface area (Å²) in [6.07, 6.45) is 1.27. The van der Waals surface area contributed by atoms with Crippen molar-refractivity contribution in [2.75, 3.05) is 32.8 Å². The highest BCUT2D eigenvalue weighted by molar-refractivity contribution is 14.1. The molecule has 0 aromatic heterocycles. The molecule has 2 rings (SSSR count). The molecule has 0 radical (unpaired) electrons. The van der Waals surface area contributed by atoms with Crippen LogP contribution in [0.25, 0.3) is 0 Å².